The Bertz CT molecular complexity index is 807. The average molecular weight is 362 g/mol. The Morgan fingerprint density at radius 1 is 1.08 bits per heavy atom. The van der Waals surface area contributed by atoms with Crippen molar-refractivity contribution in [3.05, 3.63) is 60.2 Å². The van der Waals surface area contributed by atoms with Gasteiger partial charge in [-0.05, 0) is 30.2 Å². The number of nitrogens with zero attached hydrogens (tertiary/aromatic N) is 1. The SMILES string of the molecule is COc1ccccc1CCNC(=O)CN(c1ccccc1)S(C)(=O)=O. The van der Waals surface area contributed by atoms with Gasteiger partial charge in [0.05, 0.1) is 19.1 Å². The molecular formula is C18H22N2O4S. The van der Waals surface area contributed by atoms with E-state index in [-0.39, 0.29) is 12.5 Å². The minimum atomic E-state index is -3.55. The number of amides is 1. The van der Waals surface area contributed by atoms with Gasteiger partial charge in [-0.25, -0.2) is 8.42 Å². The first-order valence-corrected chi connectivity index (χ1v) is 9.68. The van der Waals surface area contributed by atoms with Crippen LogP contribution in [0.5, 0.6) is 5.75 Å². The van der Waals surface area contributed by atoms with Crippen molar-refractivity contribution < 1.29 is 17.9 Å². The lowest BCUT2D eigenvalue weighted by atomic mass is 10.1. The van der Waals surface area contributed by atoms with Gasteiger partial charge in [0, 0.05) is 6.54 Å². The number of carbonyl (C=O) groups is 1. The van der Waals surface area contributed by atoms with Crippen LogP contribution in [0, 0.1) is 0 Å². The standard InChI is InChI=1S/C18H22N2O4S/c1-24-17-11-7-6-8-15(17)12-13-19-18(21)14-20(25(2,22)23)16-9-4-3-5-10-16/h3-11H,12-14H2,1-2H3,(H,19,21). The molecule has 0 bridgehead atoms. The summed E-state index contributed by atoms with van der Waals surface area (Å²) in [5.74, 6) is 0.406. The number of para-hydroxylation sites is 2. The molecule has 0 atom stereocenters. The van der Waals surface area contributed by atoms with Crippen LogP contribution in [0.4, 0.5) is 5.69 Å². The van der Waals surface area contributed by atoms with Crippen molar-refractivity contribution in [2.75, 3.05) is 30.8 Å². The molecule has 0 aliphatic carbocycles. The minimum Gasteiger partial charge on any atom is -0.496 e. The summed E-state index contributed by atoms with van der Waals surface area (Å²) in [7, 11) is -1.95. The van der Waals surface area contributed by atoms with Crippen LogP contribution in [0.3, 0.4) is 0 Å². The fraction of sp³-hybridized carbons (Fsp3) is 0.278. The van der Waals surface area contributed by atoms with E-state index in [0.29, 0.717) is 18.7 Å². The number of methoxy groups -OCH3 is 1. The molecule has 0 saturated carbocycles. The third-order valence-corrected chi connectivity index (χ3v) is 4.78. The zero-order chi connectivity index (χ0) is 18.3. The molecule has 0 radical (unpaired) electrons. The second-order valence-electron chi connectivity index (χ2n) is 5.52. The summed E-state index contributed by atoms with van der Waals surface area (Å²) in [5, 5.41) is 2.75. The molecule has 25 heavy (non-hydrogen) atoms. The molecule has 2 aromatic carbocycles. The molecule has 0 aliphatic heterocycles. The quantitative estimate of drug-likeness (QED) is 0.777. The second kappa shape index (κ2) is 8.53. The zero-order valence-electron chi connectivity index (χ0n) is 14.3. The van der Waals surface area contributed by atoms with Gasteiger partial charge in [0.15, 0.2) is 0 Å². The summed E-state index contributed by atoms with van der Waals surface area (Å²) in [6.45, 7) is 0.139. The van der Waals surface area contributed by atoms with E-state index in [1.54, 1.807) is 37.4 Å². The number of benzene rings is 2. The Labute approximate surface area is 148 Å². The molecule has 2 rings (SSSR count). The molecule has 0 aromatic heterocycles. The predicted octanol–water partition coefficient (Wildman–Crippen LogP) is 1.82. The molecule has 7 heteroatoms. The lowest BCUT2D eigenvalue weighted by Crippen LogP contribution is -2.40. The molecule has 2 aromatic rings. The van der Waals surface area contributed by atoms with Crippen molar-refractivity contribution in [1.29, 1.82) is 0 Å². The van der Waals surface area contributed by atoms with Gasteiger partial charge in [-0.15, -0.1) is 0 Å². The van der Waals surface area contributed by atoms with E-state index in [4.69, 9.17) is 4.74 Å². The first-order chi connectivity index (χ1) is 11.9. The third-order valence-electron chi connectivity index (χ3n) is 3.64. The number of nitrogens with one attached hydrogen (secondary N) is 1. The number of ether oxygens (including phenoxy) is 1. The number of sulfonamides is 1. The van der Waals surface area contributed by atoms with Crippen molar-refractivity contribution in [2.24, 2.45) is 0 Å². The summed E-state index contributed by atoms with van der Waals surface area (Å²) in [4.78, 5) is 12.2. The molecule has 0 spiro atoms. The largest absolute Gasteiger partial charge is 0.496 e. The van der Waals surface area contributed by atoms with Gasteiger partial charge in [-0.3, -0.25) is 9.10 Å². The van der Waals surface area contributed by atoms with Gasteiger partial charge in [-0.2, -0.15) is 0 Å². The minimum absolute atomic E-state index is 0.255. The van der Waals surface area contributed by atoms with E-state index in [0.717, 1.165) is 21.9 Å². The van der Waals surface area contributed by atoms with Gasteiger partial charge in [0.2, 0.25) is 15.9 Å². The van der Waals surface area contributed by atoms with Gasteiger partial charge >= 0.3 is 0 Å². The molecule has 134 valence electrons. The Kier molecular flexibility index (Phi) is 6.41. The van der Waals surface area contributed by atoms with Crippen LogP contribution in [0.15, 0.2) is 54.6 Å². The molecule has 0 aliphatic rings. The van der Waals surface area contributed by atoms with Crippen LogP contribution in [-0.4, -0.2) is 40.8 Å². The summed E-state index contributed by atoms with van der Waals surface area (Å²) in [6, 6.07) is 16.1. The van der Waals surface area contributed by atoms with Gasteiger partial charge in [0.1, 0.15) is 12.3 Å². The summed E-state index contributed by atoms with van der Waals surface area (Å²) < 4.78 is 30.3. The van der Waals surface area contributed by atoms with Gasteiger partial charge in [-0.1, -0.05) is 36.4 Å². The summed E-state index contributed by atoms with van der Waals surface area (Å²) in [6.07, 6.45) is 1.68. The number of carbonyl (C=O) groups excluding carboxylic acids is 1. The monoisotopic (exact) mass is 362 g/mol. The number of hydrogen-bond acceptors (Lipinski definition) is 4. The maximum atomic E-state index is 12.2. The summed E-state index contributed by atoms with van der Waals surface area (Å²) in [5.41, 5.74) is 1.44. The number of anilines is 1. The topological polar surface area (TPSA) is 75.7 Å². The number of rotatable bonds is 8. The maximum absolute atomic E-state index is 12.2. The second-order valence-corrected chi connectivity index (χ2v) is 7.42. The normalized spacial score (nSPS) is 11.0. The van der Waals surface area contributed by atoms with E-state index in [2.05, 4.69) is 5.32 Å². The molecule has 6 nitrogen and oxygen atoms in total. The van der Waals surface area contributed by atoms with Crippen molar-refractivity contribution in [2.45, 2.75) is 6.42 Å². The van der Waals surface area contributed by atoms with E-state index in [1.807, 2.05) is 24.3 Å². The van der Waals surface area contributed by atoms with Crippen LogP contribution >= 0.6 is 0 Å². The van der Waals surface area contributed by atoms with Crippen LogP contribution < -0.4 is 14.4 Å². The Morgan fingerprint density at radius 3 is 2.36 bits per heavy atom. The highest BCUT2D eigenvalue weighted by Crippen LogP contribution is 2.18. The zero-order valence-corrected chi connectivity index (χ0v) is 15.1. The first kappa shape index (κ1) is 18.8. The fourth-order valence-electron chi connectivity index (χ4n) is 2.43. The van der Waals surface area contributed by atoms with Gasteiger partial charge in [0.25, 0.3) is 0 Å². The van der Waals surface area contributed by atoms with Crippen LogP contribution in [0.25, 0.3) is 0 Å². The highest BCUT2D eigenvalue weighted by Gasteiger charge is 2.20. The van der Waals surface area contributed by atoms with Crippen molar-refractivity contribution in [3.8, 4) is 5.75 Å². The molecule has 0 fully saturated rings. The van der Waals surface area contributed by atoms with Crippen molar-refractivity contribution >= 4 is 21.6 Å². The lowest BCUT2D eigenvalue weighted by molar-refractivity contribution is -0.119. The Balaban J connectivity index is 1.96. The molecule has 0 unspecified atom stereocenters. The molecular weight excluding hydrogens is 340 g/mol. The number of hydrogen-bond donors (Lipinski definition) is 1. The third kappa shape index (κ3) is 5.49. The lowest BCUT2D eigenvalue weighted by Gasteiger charge is -2.21. The highest BCUT2D eigenvalue weighted by molar-refractivity contribution is 7.92. The Morgan fingerprint density at radius 2 is 1.72 bits per heavy atom. The van der Waals surface area contributed by atoms with E-state index >= 15 is 0 Å². The van der Waals surface area contributed by atoms with E-state index < -0.39 is 10.0 Å². The van der Waals surface area contributed by atoms with Crippen LogP contribution in [0.2, 0.25) is 0 Å². The van der Waals surface area contributed by atoms with E-state index in [9.17, 15) is 13.2 Å². The van der Waals surface area contributed by atoms with Crippen molar-refractivity contribution in [3.63, 3.8) is 0 Å². The average Bonchev–Trinajstić information content (AvgIpc) is 2.60. The molecule has 0 saturated heterocycles. The highest BCUT2D eigenvalue weighted by atomic mass is 32.2. The first-order valence-electron chi connectivity index (χ1n) is 7.83. The fourth-order valence-corrected chi connectivity index (χ4v) is 3.28. The van der Waals surface area contributed by atoms with Crippen LogP contribution in [0.1, 0.15) is 5.56 Å². The molecule has 1 N–H and O–H groups in total. The smallest absolute Gasteiger partial charge is 0.240 e. The van der Waals surface area contributed by atoms with Crippen LogP contribution in [-0.2, 0) is 21.2 Å². The molecule has 1 amide bonds. The van der Waals surface area contributed by atoms with Gasteiger partial charge < -0.3 is 10.1 Å². The summed E-state index contributed by atoms with van der Waals surface area (Å²) >= 11 is 0. The maximum Gasteiger partial charge on any atom is 0.240 e. The van der Waals surface area contributed by atoms with Crippen molar-refractivity contribution in [1.82, 2.24) is 5.32 Å². The Hall–Kier alpha value is -2.54. The van der Waals surface area contributed by atoms with E-state index in [1.165, 1.54) is 0 Å². The molecule has 0 heterocycles. The predicted molar refractivity (Wildman–Crippen MR) is 98.3 cm³/mol.